The van der Waals surface area contributed by atoms with Crippen molar-refractivity contribution >= 4 is 15.8 Å². The molecule has 32 heavy (non-hydrogen) atoms. The van der Waals surface area contributed by atoms with Gasteiger partial charge in [-0.1, -0.05) is 0 Å². The maximum Gasteiger partial charge on any atom is 0.491 e. The van der Waals surface area contributed by atoms with E-state index >= 15 is 0 Å². The van der Waals surface area contributed by atoms with E-state index in [2.05, 4.69) is 24.7 Å². The lowest BCUT2D eigenvalue weighted by atomic mass is 10.1. The molecule has 0 spiro atoms. The number of hydrogen-bond acceptors (Lipinski definition) is 7. The first kappa shape index (κ1) is 21.9. The zero-order valence-electron chi connectivity index (χ0n) is 16.9. The van der Waals surface area contributed by atoms with Gasteiger partial charge in [0, 0.05) is 35.8 Å². The number of aryl methyl sites for hydroxylation is 1. The van der Waals surface area contributed by atoms with Crippen molar-refractivity contribution in [2.75, 3.05) is 6.26 Å². The molecule has 1 fully saturated rings. The topological polar surface area (TPSA) is 115 Å². The summed E-state index contributed by atoms with van der Waals surface area (Å²) in [6.07, 6.45) is 0.00740. The molecule has 3 aromatic heterocycles. The van der Waals surface area contributed by atoms with E-state index in [1.807, 2.05) is 6.92 Å². The number of sulfone groups is 1. The summed E-state index contributed by atoms with van der Waals surface area (Å²) in [4.78, 5) is 26.7. The highest BCUT2D eigenvalue weighted by Crippen LogP contribution is 2.41. The number of aromatic nitrogens is 4. The second kappa shape index (κ2) is 7.69. The number of hydrogen-bond donors (Lipinski definition) is 1. The van der Waals surface area contributed by atoms with Gasteiger partial charge in [0.1, 0.15) is 5.69 Å². The van der Waals surface area contributed by atoms with E-state index in [9.17, 15) is 26.4 Å². The number of esters is 1. The second-order valence-corrected chi connectivity index (χ2v) is 9.50. The second-order valence-electron chi connectivity index (χ2n) is 7.48. The summed E-state index contributed by atoms with van der Waals surface area (Å²) in [5, 5.41) is 0. The zero-order chi connectivity index (χ0) is 23.3. The number of aromatic amines is 1. The van der Waals surface area contributed by atoms with Crippen LogP contribution in [0.3, 0.4) is 0 Å². The molecule has 1 saturated carbocycles. The minimum absolute atomic E-state index is 0.111. The van der Waals surface area contributed by atoms with E-state index in [1.165, 1.54) is 18.3 Å². The third-order valence-corrected chi connectivity index (χ3v) is 5.95. The normalized spacial score (nSPS) is 14.4. The third kappa shape index (κ3) is 4.49. The van der Waals surface area contributed by atoms with Crippen molar-refractivity contribution in [3.63, 3.8) is 0 Å². The number of H-pyrrole nitrogens is 1. The molecule has 168 valence electrons. The first-order chi connectivity index (χ1) is 14.9. The summed E-state index contributed by atoms with van der Waals surface area (Å²) in [5.41, 5.74) is 2.36. The van der Waals surface area contributed by atoms with Crippen LogP contribution in [0.15, 0.2) is 35.5 Å². The Hall–Kier alpha value is -3.28. The van der Waals surface area contributed by atoms with Crippen molar-refractivity contribution in [2.24, 2.45) is 0 Å². The van der Waals surface area contributed by atoms with Crippen molar-refractivity contribution in [1.29, 1.82) is 0 Å². The van der Waals surface area contributed by atoms with Gasteiger partial charge in [0.2, 0.25) is 5.88 Å². The molecule has 0 aliphatic heterocycles. The Morgan fingerprint density at radius 2 is 1.94 bits per heavy atom. The minimum atomic E-state index is -5.25. The summed E-state index contributed by atoms with van der Waals surface area (Å²) >= 11 is 0. The van der Waals surface area contributed by atoms with Crippen LogP contribution in [0.1, 0.15) is 30.1 Å². The van der Waals surface area contributed by atoms with E-state index < -0.39 is 27.9 Å². The van der Waals surface area contributed by atoms with Crippen LogP contribution >= 0.6 is 0 Å². The highest BCUT2D eigenvalue weighted by molar-refractivity contribution is 7.90. The molecule has 0 bridgehead atoms. The molecule has 3 aromatic rings. The first-order valence-electron chi connectivity index (χ1n) is 9.46. The molecular weight excluding hydrogens is 449 g/mol. The number of pyridine rings is 2. The van der Waals surface area contributed by atoms with Crippen molar-refractivity contribution in [2.45, 2.75) is 36.8 Å². The maximum absolute atomic E-state index is 12.7. The summed E-state index contributed by atoms with van der Waals surface area (Å²) in [5.74, 6) is -2.28. The molecule has 4 rings (SSSR count). The number of nitrogens with one attached hydrogen (secondary N) is 1. The van der Waals surface area contributed by atoms with Crippen molar-refractivity contribution in [3.8, 4) is 28.5 Å². The Kier molecular flexibility index (Phi) is 5.27. The number of ether oxygens (including phenoxy) is 1. The monoisotopic (exact) mass is 466 g/mol. The van der Waals surface area contributed by atoms with E-state index in [-0.39, 0.29) is 16.0 Å². The maximum atomic E-state index is 12.7. The van der Waals surface area contributed by atoms with Crippen LogP contribution in [-0.4, -0.2) is 46.8 Å². The number of alkyl halides is 3. The number of carbonyl (C=O) groups excluding carboxylic acids is 1. The standard InChI is InChI=1S/C20H17F3N4O4S/c1-10-16(11-3-4-11)27-17(26-10)15-7-12(5-6-24-15)14-8-13(32(2,29)30)9-25-18(14)31-19(28)20(21,22)23/h5-9,11H,3-4H2,1-2H3,(H,26,27). The summed E-state index contributed by atoms with van der Waals surface area (Å²) in [6.45, 7) is 1.89. The highest BCUT2D eigenvalue weighted by atomic mass is 32.2. The summed E-state index contributed by atoms with van der Waals surface area (Å²) < 4.78 is 66.5. The Morgan fingerprint density at radius 1 is 1.22 bits per heavy atom. The van der Waals surface area contributed by atoms with E-state index in [4.69, 9.17) is 0 Å². The Morgan fingerprint density at radius 3 is 2.56 bits per heavy atom. The van der Waals surface area contributed by atoms with Crippen LogP contribution in [-0.2, 0) is 14.6 Å². The molecule has 0 aromatic carbocycles. The average molecular weight is 466 g/mol. The van der Waals surface area contributed by atoms with Gasteiger partial charge in [-0.25, -0.2) is 23.2 Å². The van der Waals surface area contributed by atoms with Gasteiger partial charge in [0.15, 0.2) is 15.7 Å². The molecule has 1 N–H and O–H groups in total. The molecule has 12 heteroatoms. The average Bonchev–Trinajstić information content (AvgIpc) is 3.48. The van der Waals surface area contributed by atoms with Crippen LogP contribution in [0.2, 0.25) is 0 Å². The lowest BCUT2D eigenvalue weighted by molar-refractivity contribution is -0.189. The number of rotatable bonds is 5. The molecule has 0 atom stereocenters. The van der Waals surface area contributed by atoms with Gasteiger partial charge in [-0.15, -0.1) is 0 Å². The largest absolute Gasteiger partial charge is 0.491 e. The van der Waals surface area contributed by atoms with Crippen molar-refractivity contribution in [3.05, 3.63) is 42.0 Å². The van der Waals surface area contributed by atoms with Crippen LogP contribution in [0.5, 0.6) is 5.88 Å². The highest BCUT2D eigenvalue weighted by Gasteiger charge is 2.42. The van der Waals surface area contributed by atoms with E-state index in [0.717, 1.165) is 42.7 Å². The molecule has 0 unspecified atom stereocenters. The SMILES string of the molecule is Cc1[nH]c(-c2cc(-c3cc(S(C)(=O)=O)cnc3OC(=O)C(F)(F)F)ccn2)nc1C1CC1. The Bertz CT molecular complexity index is 1310. The zero-order valence-corrected chi connectivity index (χ0v) is 17.7. The minimum Gasteiger partial charge on any atom is -0.400 e. The van der Waals surface area contributed by atoms with Gasteiger partial charge >= 0.3 is 12.1 Å². The lowest BCUT2D eigenvalue weighted by Gasteiger charge is -2.12. The van der Waals surface area contributed by atoms with Gasteiger partial charge in [-0.2, -0.15) is 13.2 Å². The number of nitrogens with zero attached hydrogens (tertiary/aromatic N) is 3. The number of halogens is 3. The molecule has 3 heterocycles. The predicted molar refractivity (Wildman–Crippen MR) is 107 cm³/mol. The molecular formula is C20H17F3N4O4S. The lowest BCUT2D eigenvalue weighted by Crippen LogP contribution is -2.28. The van der Waals surface area contributed by atoms with Crippen LogP contribution < -0.4 is 4.74 Å². The van der Waals surface area contributed by atoms with Crippen LogP contribution in [0.25, 0.3) is 22.6 Å². The van der Waals surface area contributed by atoms with E-state index in [1.54, 1.807) is 0 Å². The fourth-order valence-electron chi connectivity index (χ4n) is 3.15. The molecule has 0 amide bonds. The van der Waals surface area contributed by atoms with Crippen LogP contribution in [0, 0.1) is 6.92 Å². The van der Waals surface area contributed by atoms with Crippen molar-refractivity contribution in [1.82, 2.24) is 19.9 Å². The van der Waals surface area contributed by atoms with Gasteiger partial charge in [-0.3, -0.25) is 4.98 Å². The Labute approximate surface area is 180 Å². The molecule has 8 nitrogen and oxygen atoms in total. The summed E-state index contributed by atoms with van der Waals surface area (Å²) in [7, 11) is -3.73. The van der Waals surface area contributed by atoms with Gasteiger partial charge in [-0.05, 0) is 43.5 Å². The number of imidazole rings is 1. The van der Waals surface area contributed by atoms with E-state index in [0.29, 0.717) is 17.4 Å². The molecule has 0 saturated heterocycles. The predicted octanol–water partition coefficient (Wildman–Crippen LogP) is 3.59. The first-order valence-corrected chi connectivity index (χ1v) is 11.3. The summed E-state index contributed by atoms with van der Waals surface area (Å²) in [6, 6.07) is 4.04. The van der Waals surface area contributed by atoms with Crippen LogP contribution in [0.4, 0.5) is 13.2 Å². The van der Waals surface area contributed by atoms with Gasteiger partial charge in [0.05, 0.1) is 10.6 Å². The smallest absolute Gasteiger partial charge is 0.400 e. The molecule has 1 aliphatic carbocycles. The van der Waals surface area contributed by atoms with Gasteiger partial charge < -0.3 is 9.72 Å². The molecule has 0 radical (unpaired) electrons. The fraction of sp³-hybridized carbons (Fsp3) is 0.300. The number of carbonyl (C=O) groups is 1. The Balaban J connectivity index is 1.80. The third-order valence-electron chi connectivity index (χ3n) is 4.88. The van der Waals surface area contributed by atoms with Crippen molar-refractivity contribution < 1.29 is 31.1 Å². The van der Waals surface area contributed by atoms with Gasteiger partial charge in [0.25, 0.3) is 0 Å². The quantitative estimate of drug-likeness (QED) is 0.572. The fourth-order valence-corrected chi connectivity index (χ4v) is 3.72. The molecule has 1 aliphatic rings.